The van der Waals surface area contributed by atoms with E-state index >= 15 is 0 Å². The summed E-state index contributed by atoms with van der Waals surface area (Å²) in [6.45, 7) is 5.92. The fraction of sp³-hybridized carbons (Fsp3) is 0.211. The van der Waals surface area contributed by atoms with Crippen LogP contribution in [0.4, 0.5) is 5.69 Å². The van der Waals surface area contributed by atoms with Crippen LogP contribution >= 0.6 is 11.8 Å². The highest BCUT2D eigenvalue weighted by Gasteiger charge is 2.19. The lowest BCUT2D eigenvalue weighted by Gasteiger charge is -2.13. The van der Waals surface area contributed by atoms with Gasteiger partial charge in [-0.1, -0.05) is 47.7 Å². The molecule has 5 nitrogen and oxygen atoms in total. The van der Waals surface area contributed by atoms with E-state index in [9.17, 15) is 4.79 Å². The molecule has 1 N–H and O–H groups in total. The molecule has 0 saturated carbocycles. The monoisotopic (exact) mass is 352 g/mol. The molecule has 3 rings (SSSR count). The van der Waals surface area contributed by atoms with Gasteiger partial charge in [-0.3, -0.25) is 9.36 Å². The van der Waals surface area contributed by atoms with Crippen LogP contribution < -0.4 is 5.32 Å². The van der Waals surface area contributed by atoms with E-state index < -0.39 is 0 Å². The minimum atomic E-state index is -0.298. The van der Waals surface area contributed by atoms with Crippen molar-refractivity contribution < 1.29 is 4.79 Å². The van der Waals surface area contributed by atoms with Gasteiger partial charge in [-0.25, -0.2) is 0 Å². The second-order valence-corrected chi connectivity index (χ2v) is 7.19. The van der Waals surface area contributed by atoms with Crippen LogP contribution in [-0.4, -0.2) is 25.9 Å². The van der Waals surface area contributed by atoms with Gasteiger partial charge in [0.1, 0.15) is 6.33 Å². The predicted molar refractivity (Wildman–Crippen MR) is 101 cm³/mol. The molecule has 128 valence electrons. The first kappa shape index (κ1) is 17.2. The topological polar surface area (TPSA) is 59.8 Å². The third kappa shape index (κ3) is 4.09. The van der Waals surface area contributed by atoms with E-state index in [1.54, 1.807) is 6.33 Å². The molecule has 25 heavy (non-hydrogen) atoms. The first-order chi connectivity index (χ1) is 12.0. The van der Waals surface area contributed by atoms with Crippen molar-refractivity contribution in [2.75, 3.05) is 5.32 Å². The van der Waals surface area contributed by atoms with E-state index in [-0.39, 0.29) is 11.2 Å². The molecule has 0 aliphatic rings. The standard InChI is InChI=1S/C19H20N4OS/c1-13-8-10-16(11-9-13)21-18(24)15(3)25-19-22-20-12-23(19)17-7-5-4-6-14(17)2/h4-12,15H,1-3H3,(H,21,24)/t15-/m0/s1. The number of carbonyl (C=O) groups is 1. The quantitative estimate of drug-likeness (QED) is 0.705. The van der Waals surface area contributed by atoms with Gasteiger partial charge < -0.3 is 5.32 Å². The maximum atomic E-state index is 12.4. The van der Waals surface area contributed by atoms with Gasteiger partial charge >= 0.3 is 0 Å². The summed E-state index contributed by atoms with van der Waals surface area (Å²) in [6, 6.07) is 15.8. The largest absolute Gasteiger partial charge is 0.325 e. The Morgan fingerprint density at radius 3 is 2.56 bits per heavy atom. The Hall–Kier alpha value is -2.60. The van der Waals surface area contributed by atoms with Crippen LogP contribution in [0, 0.1) is 13.8 Å². The molecule has 0 unspecified atom stereocenters. The SMILES string of the molecule is Cc1ccc(NC(=O)[C@H](C)Sc2nncn2-c2ccccc2C)cc1. The first-order valence-corrected chi connectivity index (χ1v) is 8.93. The zero-order chi connectivity index (χ0) is 17.8. The van der Waals surface area contributed by atoms with Gasteiger partial charge in [0.2, 0.25) is 5.91 Å². The summed E-state index contributed by atoms with van der Waals surface area (Å²) in [4.78, 5) is 12.4. The first-order valence-electron chi connectivity index (χ1n) is 8.05. The normalized spacial score (nSPS) is 12.0. The van der Waals surface area contributed by atoms with E-state index in [2.05, 4.69) is 15.5 Å². The molecule has 0 spiro atoms. The summed E-state index contributed by atoms with van der Waals surface area (Å²) in [6.07, 6.45) is 1.68. The number of rotatable bonds is 5. The molecule has 1 aromatic heterocycles. The Labute approximate surface area is 151 Å². The Bertz CT molecular complexity index is 873. The van der Waals surface area contributed by atoms with Gasteiger partial charge in [-0.15, -0.1) is 10.2 Å². The lowest BCUT2D eigenvalue weighted by molar-refractivity contribution is -0.115. The number of aromatic nitrogens is 3. The molecule has 3 aromatic rings. The summed E-state index contributed by atoms with van der Waals surface area (Å²) in [5.74, 6) is -0.0619. The van der Waals surface area contributed by atoms with Crippen molar-refractivity contribution in [3.63, 3.8) is 0 Å². The number of para-hydroxylation sites is 1. The Balaban J connectivity index is 1.72. The zero-order valence-electron chi connectivity index (χ0n) is 14.4. The van der Waals surface area contributed by atoms with Crippen molar-refractivity contribution >= 4 is 23.4 Å². The van der Waals surface area contributed by atoms with Crippen LogP contribution in [0.5, 0.6) is 0 Å². The van der Waals surface area contributed by atoms with E-state index in [4.69, 9.17) is 0 Å². The molecule has 0 fully saturated rings. The summed E-state index contributed by atoms with van der Waals surface area (Å²) in [5, 5.41) is 11.5. The fourth-order valence-electron chi connectivity index (χ4n) is 2.40. The summed E-state index contributed by atoms with van der Waals surface area (Å²) in [5.41, 5.74) is 4.09. The van der Waals surface area contributed by atoms with E-state index in [0.29, 0.717) is 5.16 Å². The van der Waals surface area contributed by atoms with Gasteiger partial charge in [0.25, 0.3) is 0 Å². The summed E-state index contributed by atoms with van der Waals surface area (Å²) in [7, 11) is 0. The molecule has 0 aliphatic carbocycles. The van der Waals surface area contributed by atoms with Gasteiger partial charge in [-0.05, 0) is 44.5 Å². The molecular formula is C19H20N4OS. The summed E-state index contributed by atoms with van der Waals surface area (Å²) >= 11 is 1.39. The van der Waals surface area contributed by atoms with Crippen molar-refractivity contribution in [2.45, 2.75) is 31.2 Å². The molecule has 0 saturated heterocycles. The number of anilines is 1. The highest BCUT2D eigenvalue weighted by atomic mass is 32.2. The van der Waals surface area contributed by atoms with Crippen molar-refractivity contribution in [3.8, 4) is 5.69 Å². The molecule has 1 amide bonds. The van der Waals surface area contributed by atoms with Crippen molar-refractivity contribution in [3.05, 3.63) is 66.0 Å². The van der Waals surface area contributed by atoms with Crippen molar-refractivity contribution in [1.82, 2.24) is 14.8 Å². The van der Waals surface area contributed by atoms with Crippen LogP contribution in [0.1, 0.15) is 18.1 Å². The molecule has 0 bridgehead atoms. The fourth-order valence-corrected chi connectivity index (χ4v) is 3.23. The Morgan fingerprint density at radius 1 is 1.12 bits per heavy atom. The minimum Gasteiger partial charge on any atom is -0.325 e. The van der Waals surface area contributed by atoms with E-state index in [1.165, 1.54) is 11.8 Å². The predicted octanol–water partition coefficient (Wildman–Crippen LogP) is 4.00. The average molecular weight is 352 g/mol. The van der Waals surface area contributed by atoms with Crippen LogP contribution in [-0.2, 0) is 4.79 Å². The van der Waals surface area contributed by atoms with Crippen LogP contribution in [0.3, 0.4) is 0 Å². The molecule has 1 atom stereocenters. The lowest BCUT2D eigenvalue weighted by atomic mass is 10.2. The van der Waals surface area contributed by atoms with Crippen LogP contribution in [0.25, 0.3) is 5.69 Å². The number of thioether (sulfide) groups is 1. The van der Waals surface area contributed by atoms with E-state index in [0.717, 1.165) is 22.5 Å². The smallest absolute Gasteiger partial charge is 0.237 e. The summed E-state index contributed by atoms with van der Waals surface area (Å²) < 4.78 is 1.91. The van der Waals surface area contributed by atoms with Gasteiger partial charge in [0, 0.05) is 5.69 Å². The molecule has 1 heterocycles. The maximum absolute atomic E-state index is 12.4. The second kappa shape index (κ2) is 7.53. The van der Waals surface area contributed by atoms with Crippen LogP contribution in [0.2, 0.25) is 0 Å². The second-order valence-electron chi connectivity index (χ2n) is 5.89. The minimum absolute atomic E-state index is 0.0619. The highest BCUT2D eigenvalue weighted by Crippen LogP contribution is 2.26. The number of hydrogen-bond acceptors (Lipinski definition) is 4. The molecule has 2 aromatic carbocycles. The number of hydrogen-bond donors (Lipinski definition) is 1. The molecular weight excluding hydrogens is 332 g/mol. The number of nitrogens with one attached hydrogen (secondary N) is 1. The highest BCUT2D eigenvalue weighted by molar-refractivity contribution is 8.00. The number of aryl methyl sites for hydroxylation is 2. The van der Waals surface area contributed by atoms with Gasteiger partial charge in [0.15, 0.2) is 5.16 Å². The van der Waals surface area contributed by atoms with Crippen molar-refractivity contribution in [2.24, 2.45) is 0 Å². The third-order valence-corrected chi connectivity index (χ3v) is 4.92. The van der Waals surface area contributed by atoms with Crippen molar-refractivity contribution in [1.29, 1.82) is 0 Å². The van der Waals surface area contributed by atoms with Gasteiger partial charge in [-0.2, -0.15) is 0 Å². The lowest BCUT2D eigenvalue weighted by Crippen LogP contribution is -2.22. The Morgan fingerprint density at radius 2 is 1.84 bits per heavy atom. The van der Waals surface area contributed by atoms with Crippen LogP contribution in [0.15, 0.2) is 60.0 Å². The Kier molecular flexibility index (Phi) is 5.19. The number of nitrogens with zero attached hydrogens (tertiary/aromatic N) is 3. The number of benzene rings is 2. The average Bonchev–Trinajstić information content (AvgIpc) is 3.05. The molecule has 6 heteroatoms. The number of carbonyl (C=O) groups excluding carboxylic acids is 1. The van der Waals surface area contributed by atoms with Gasteiger partial charge in [0.05, 0.1) is 10.9 Å². The molecule has 0 aliphatic heterocycles. The maximum Gasteiger partial charge on any atom is 0.237 e. The zero-order valence-corrected chi connectivity index (χ0v) is 15.2. The number of amides is 1. The molecule has 0 radical (unpaired) electrons. The van der Waals surface area contributed by atoms with E-state index in [1.807, 2.05) is 73.9 Å². The third-order valence-electron chi connectivity index (χ3n) is 3.86.